The number of carbonyl (C=O) groups excluding carboxylic acids is 2. The maximum atomic E-state index is 12.1. The molecule has 2 amide bonds. The number of amides is 2. The first-order chi connectivity index (χ1) is 12.5. The summed E-state index contributed by atoms with van der Waals surface area (Å²) in [4.78, 5) is 24.2. The lowest BCUT2D eigenvalue weighted by molar-refractivity contribution is -0.120. The van der Waals surface area contributed by atoms with Gasteiger partial charge < -0.3 is 5.32 Å². The van der Waals surface area contributed by atoms with E-state index in [1.807, 2.05) is 36.4 Å². The molecule has 0 aliphatic rings. The molecular formula is C20H22BrN3O2. The zero-order valence-electron chi connectivity index (χ0n) is 14.8. The van der Waals surface area contributed by atoms with E-state index in [9.17, 15) is 9.59 Å². The molecule has 0 radical (unpaired) electrons. The lowest BCUT2D eigenvalue weighted by Crippen LogP contribution is -2.35. The van der Waals surface area contributed by atoms with Crippen LogP contribution in [0.2, 0.25) is 0 Å². The van der Waals surface area contributed by atoms with Crippen LogP contribution in [0.15, 0.2) is 64.2 Å². The summed E-state index contributed by atoms with van der Waals surface area (Å²) in [6, 6.07) is 16.8. The molecule has 0 aliphatic heterocycles. The van der Waals surface area contributed by atoms with Gasteiger partial charge in [-0.1, -0.05) is 56.3 Å². The van der Waals surface area contributed by atoms with Crippen molar-refractivity contribution in [3.8, 4) is 0 Å². The van der Waals surface area contributed by atoms with Gasteiger partial charge in [0, 0.05) is 4.47 Å². The van der Waals surface area contributed by atoms with Gasteiger partial charge in [-0.3, -0.25) is 9.59 Å². The molecule has 2 N–H and O–H groups in total. The number of benzene rings is 2. The van der Waals surface area contributed by atoms with Gasteiger partial charge in [0.05, 0.1) is 17.8 Å². The Hall–Kier alpha value is -2.47. The molecule has 0 unspecified atom stereocenters. The summed E-state index contributed by atoms with van der Waals surface area (Å²) in [5.74, 6) is -0.286. The van der Waals surface area contributed by atoms with Crippen LogP contribution in [-0.2, 0) is 4.79 Å². The molecule has 26 heavy (non-hydrogen) atoms. The summed E-state index contributed by atoms with van der Waals surface area (Å²) in [6.45, 7) is 4.05. The summed E-state index contributed by atoms with van der Waals surface area (Å²) < 4.78 is 0.680. The van der Waals surface area contributed by atoms with Crippen molar-refractivity contribution >= 4 is 33.5 Å². The third kappa shape index (κ3) is 6.11. The number of hydrazone groups is 1. The molecule has 6 heteroatoms. The SMILES string of the molecule is CC(C)C/C(=N\NC(=O)CNC(=O)c1ccccc1Br)c1ccccc1. The second kappa shape index (κ2) is 9.87. The minimum absolute atomic E-state index is 0.145. The van der Waals surface area contributed by atoms with E-state index in [1.165, 1.54) is 0 Å². The third-order valence-electron chi connectivity index (χ3n) is 3.55. The molecule has 2 aromatic carbocycles. The van der Waals surface area contributed by atoms with Crippen LogP contribution in [-0.4, -0.2) is 24.1 Å². The standard InChI is InChI=1S/C20H22BrN3O2/c1-14(2)12-18(15-8-4-3-5-9-15)23-24-19(25)13-22-20(26)16-10-6-7-11-17(16)21/h3-11,14H,12-13H2,1-2H3,(H,22,26)(H,24,25)/b23-18+. The van der Waals surface area contributed by atoms with E-state index < -0.39 is 0 Å². The predicted molar refractivity (Wildman–Crippen MR) is 107 cm³/mol. The van der Waals surface area contributed by atoms with E-state index in [1.54, 1.807) is 18.2 Å². The zero-order valence-corrected chi connectivity index (χ0v) is 16.4. The Kier molecular flexibility index (Phi) is 7.53. The van der Waals surface area contributed by atoms with Crippen molar-refractivity contribution in [2.24, 2.45) is 11.0 Å². The van der Waals surface area contributed by atoms with Gasteiger partial charge in [-0.05, 0) is 46.0 Å². The van der Waals surface area contributed by atoms with Crippen LogP contribution in [0.25, 0.3) is 0 Å². The van der Waals surface area contributed by atoms with E-state index in [0.717, 1.165) is 17.7 Å². The van der Waals surface area contributed by atoms with Gasteiger partial charge in [0.15, 0.2) is 0 Å². The van der Waals surface area contributed by atoms with Crippen molar-refractivity contribution in [2.75, 3.05) is 6.54 Å². The number of nitrogens with zero attached hydrogens (tertiary/aromatic N) is 1. The lowest BCUT2D eigenvalue weighted by atomic mass is 10.0. The van der Waals surface area contributed by atoms with Crippen LogP contribution < -0.4 is 10.7 Å². The van der Waals surface area contributed by atoms with Gasteiger partial charge in [-0.25, -0.2) is 5.43 Å². The average Bonchev–Trinajstić information content (AvgIpc) is 2.64. The number of halogens is 1. The van der Waals surface area contributed by atoms with Crippen molar-refractivity contribution in [2.45, 2.75) is 20.3 Å². The number of hydrogen-bond donors (Lipinski definition) is 2. The molecule has 0 aliphatic carbocycles. The highest BCUT2D eigenvalue weighted by Gasteiger charge is 2.11. The molecule has 5 nitrogen and oxygen atoms in total. The van der Waals surface area contributed by atoms with Crippen molar-refractivity contribution in [3.05, 3.63) is 70.2 Å². The summed E-state index contributed by atoms with van der Waals surface area (Å²) in [7, 11) is 0. The smallest absolute Gasteiger partial charge is 0.259 e. The normalized spacial score (nSPS) is 11.3. The summed E-state index contributed by atoms with van der Waals surface area (Å²) in [5, 5.41) is 6.85. The van der Waals surface area contributed by atoms with Crippen LogP contribution >= 0.6 is 15.9 Å². The average molecular weight is 416 g/mol. The first kappa shape index (κ1) is 19.8. The van der Waals surface area contributed by atoms with E-state index in [2.05, 4.69) is 45.6 Å². The third-order valence-corrected chi connectivity index (χ3v) is 4.24. The Balaban J connectivity index is 1.96. The van der Waals surface area contributed by atoms with Gasteiger partial charge in [0.2, 0.25) is 0 Å². The first-order valence-corrected chi connectivity index (χ1v) is 9.20. The molecule has 2 rings (SSSR count). The number of nitrogens with one attached hydrogen (secondary N) is 2. The molecule has 0 saturated carbocycles. The topological polar surface area (TPSA) is 70.6 Å². The summed E-state index contributed by atoms with van der Waals surface area (Å²) in [5.41, 5.74) is 4.79. The van der Waals surface area contributed by atoms with E-state index in [0.29, 0.717) is 16.0 Å². The maximum absolute atomic E-state index is 12.1. The number of carbonyl (C=O) groups is 2. The molecule has 0 aromatic heterocycles. The highest BCUT2D eigenvalue weighted by Crippen LogP contribution is 2.15. The first-order valence-electron chi connectivity index (χ1n) is 8.41. The van der Waals surface area contributed by atoms with Crippen molar-refractivity contribution in [1.82, 2.24) is 10.7 Å². The van der Waals surface area contributed by atoms with Crippen LogP contribution in [0.4, 0.5) is 0 Å². The minimum atomic E-state index is -0.373. The Morgan fingerprint density at radius 2 is 1.69 bits per heavy atom. The molecule has 2 aromatic rings. The quantitative estimate of drug-likeness (QED) is 0.533. The second-order valence-corrected chi connectivity index (χ2v) is 7.07. The van der Waals surface area contributed by atoms with E-state index in [-0.39, 0.29) is 18.4 Å². The van der Waals surface area contributed by atoms with Crippen LogP contribution in [0.1, 0.15) is 36.2 Å². The predicted octanol–water partition coefficient (Wildman–Crippen LogP) is 3.75. The van der Waals surface area contributed by atoms with Gasteiger partial charge in [0.25, 0.3) is 11.8 Å². The Morgan fingerprint density at radius 1 is 1.04 bits per heavy atom. The molecule has 0 atom stereocenters. The number of rotatable bonds is 7. The summed E-state index contributed by atoms with van der Waals surface area (Å²) >= 11 is 3.32. The highest BCUT2D eigenvalue weighted by molar-refractivity contribution is 9.10. The van der Waals surface area contributed by atoms with Crippen LogP contribution in [0.3, 0.4) is 0 Å². The second-order valence-electron chi connectivity index (χ2n) is 6.22. The van der Waals surface area contributed by atoms with Gasteiger partial charge in [0.1, 0.15) is 0 Å². The Bertz CT molecular complexity index is 789. The number of hydrogen-bond acceptors (Lipinski definition) is 3. The molecule has 0 saturated heterocycles. The van der Waals surface area contributed by atoms with Gasteiger partial charge in [-0.15, -0.1) is 0 Å². The monoisotopic (exact) mass is 415 g/mol. The molecule has 0 heterocycles. The molecule has 0 spiro atoms. The highest BCUT2D eigenvalue weighted by atomic mass is 79.9. The molecule has 0 fully saturated rings. The Morgan fingerprint density at radius 3 is 2.35 bits per heavy atom. The zero-order chi connectivity index (χ0) is 18.9. The Labute approximate surface area is 162 Å². The van der Waals surface area contributed by atoms with Crippen molar-refractivity contribution < 1.29 is 9.59 Å². The van der Waals surface area contributed by atoms with Gasteiger partial charge in [-0.2, -0.15) is 5.10 Å². The fraction of sp³-hybridized carbons (Fsp3) is 0.250. The summed E-state index contributed by atoms with van der Waals surface area (Å²) in [6.07, 6.45) is 0.744. The van der Waals surface area contributed by atoms with E-state index >= 15 is 0 Å². The fourth-order valence-corrected chi connectivity index (χ4v) is 2.78. The van der Waals surface area contributed by atoms with E-state index in [4.69, 9.17) is 0 Å². The van der Waals surface area contributed by atoms with Crippen molar-refractivity contribution in [1.29, 1.82) is 0 Å². The molecule has 136 valence electrons. The minimum Gasteiger partial charge on any atom is -0.343 e. The van der Waals surface area contributed by atoms with Gasteiger partial charge >= 0.3 is 0 Å². The van der Waals surface area contributed by atoms with Crippen LogP contribution in [0.5, 0.6) is 0 Å². The van der Waals surface area contributed by atoms with Crippen molar-refractivity contribution in [3.63, 3.8) is 0 Å². The molecular weight excluding hydrogens is 394 g/mol. The fourth-order valence-electron chi connectivity index (χ4n) is 2.32. The van der Waals surface area contributed by atoms with Crippen LogP contribution in [0, 0.1) is 5.92 Å². The molecule has 0 bridgehead atoms. The largest absolute Gasteiger partial charge is 0.343 e. The maximum Gasteiger partial charge on any atom is 0.259 e. The lowest BCUT2D eigenvalue weighted by Gasteiger charge is -2.10.